The molecule has 2 amide bonds. The molecule has 0 saturated carbocycles. The maximum Gasteiger partial charge on any atom is 0.325 e. The Hall–Kier alpha value is -2.80. The zero-order valence-electron chi connectivity index (χ0n) is 15.6. The van der Waals surface area contributed by atoms with Gasteiger partial charge in [-0.2, -0.15) is 0 Å². The van der Waals surface area contributed by atoms with Gasteiger partial charge < -0.3 is 9.30 Å². The van der Waals surface area contributed by atoms with Gasteiger partial charge in [-0.1, -0.05) is 17.7 Å². The van der Waals surface area contributed by atoms with Crippen LogP contribution in [0.1, 0.15) is 22.5 Å². The lowest BCUT2D eigenvalue weighted by atomic mass is 10.2. The van der Waals surface area contributed by atoms with Crippen molar-refractivity contribution in [3.05, 3.63) is 57.8 Å². The molecule has 2 aromatic rings. The van der Waals surface area contributed by atoms with Crippen LogP contribution in [0, 0.1) is 20.8 Å². The lowest BCUT2D eigenvalue weighted by Crippen LogP contribution is -2.34. The van der Waals surface area contributed by atoms with E-state index in [1.165, 1.54) is 12.7 Å². The minimum absolute atomic E-state index is 0.299. The molecule has 1 aromatic carbocycles. The van der Waals surface area contributed by atoms with Crippen LogP contribution in [0.5, 0.6) is 0 Å². The van der Waals surface area contributed by atoms with Gasteiger partial charge in [-0.3, -0.25) is 19.3 Å². The Labute approximate surface area is 161 Å². The van der Waals surface area contributed by atoms with E-state index < -0.39 is 17.1 Å². The second-order valence-electron chi connectivity index (χ2n) is 6.34. The summed E-state index contributed by atoms with van der Waals surface area (Å²) in [6.45, 7) is 5.63. The van der Waals surface area contributed by atoms with E-state index in [2.05, 4.69) is 9.30 Å². The molecule has 1 aliphatic rings. The van der Waals surface area contributed by atoms with Crippen molar-refractivity contribution in [1.29, 1.82) is 0 Å². The Kier molecular flexibility index (Phi) is 5.23. The molecule has 0 N–H and O–H groups in total. The van der Waals surface area contributed by atoms with Crippen molar-refractivity contribution in [3.63, 3.8) is 0 Å². The SMILES string of the molecule is COC(=O)CN1C(=O)S/C(=C\c2cc(C)n(-c3ccc(C)cc3)c2C)C1=O. The van der Waals surface area contributed by atoms with Crippen molar-refractivity contribution < 1.29 is 19.1 Å². The van der Waals surface area contributed by atoms with Gasteiger partial charge in [-0.05, 0) is 62.4 Å². The van der Waals surface area contributed by atoms with E-state index in [0.717, 1.165) is 39.3 Å². The fraction of sp³-hybridized carbons (Fsp3) is 0.250. The van der Waals surface area contributed by atoms with E-state index in [0.29, 0.717) is 4.91 Å². The van der Waals surface area contributed by atoms with Crippen molar-refractivity contribution in [2.45, 2.75) is 20.8 Å². The molecule has 0 spiro atoms. The summed E-state index contributed by atoms with van der Waals surface area (Å²) in [5.41, 5.74) is 5.07. The molecule has 0 radical (unpaired) electrons. The van der Waals surface area contributed by atoms with Crippen LogP contribution in [0.2, 0.25) is 0 Å². The zero-order valence-corrected chi connectivity index (χ0v) is 16.4. The quantitative estimate of drug-likeness (QED) is 0.595. The second kappa shape index (κ2) is 7.44. The van der Waals surface area contributed by atoms with Crippen molar-refractivity contribution in [1.82, 2.24) is 9.47 Å². The molecule has 0 bridgehead atoms. The minimum atomic E-state index is -0.629. The van der Waals surface area contributed by atoms with Crippen LogP contribution in [-0.2, 0) is 14.3 Å². The molecule has 1 fully saturated rings. The maximum atomic E-state index is 12.5. The molecular formula is C20H20N2O4S. The highest BCUT2D eigenvalue weighted by molar-refractivity contribution is 8.18. The number of hydrogen-bond donors (Lipinski definition) is 0. The number of carbonyl (C=O) groups excluding carboxylic acids is 3. The summed E-state index contributed by atoms with van der Waals surface area (Å²) < 4.78 is 6.64. The molecule has 0 aliphatic carbocycles. The number of aromatic nitrogens is 1. The molecule has 6 nitrogen and oxygen atoms in total. The lowest BCUT2D eigenvalue weighted by molar-refractivity contribution is -0.143. The summed E-state index contributed by atoms with van der Waals surface area (Å²) in [7, 11) is 1.22. The number of hydrogen-bond acceptors (Lipinski definition) is 5. The van der Waals surface area contributed by atoms with Crippen LogP contribution in [0.15, 0.2) is 35.2 Å². The Balaban J connectivity index is 1.93. The van der Waals surface area contributed by atoms with Crippen molar-refractivity contribution in [2.75, 3.05) is 13.7 Å². The minimum Gasteiger partial charge on any atom is -0.468 e. The van der Waals surface area contributed by atoms with Gasteiger partial charge >= 0.3 is 5.97 Å². The molecular weight excluding hydrogens is 364 g/mol. The number of methoxy groups -OCH3 is 1. The third-order valence-electron chi connectivity index (χ3n) is 4.44. The predicted molar refractivity (Wildman–Crippen MR) is 105 cm³/mol. The Morgan fingerprint density at radius 2 is 1.81 bits per heavy atom. The number of carbonyl (C=O) groups is 3. The summed E-state index contributed by atoms with van der Waals surface area (Å²) in [6.07, 6.45) is 1.70. The number of amides is 2. The van der Waals surface area contributed by atoms with E-state index >= 15 is 0 Å². The number of benzene rings is 1. The Bertz CT molecular complexity index is 957. The van der Waals surface area contributed by atoms with Gasteiger partial charge in [0.1, 0.15) is 6.54 Å². The van der Waals surface area contributed by atoms with Crippen LogP contribution in [-0.4, -0.2) is 40.2 Å². The summed E-state index contributed by atoms with van der Waals surface area (Å²) in [6, 6.07) is 10.2. The topological polar surface area (TPSA) is 68.6 Å². The number of imide groups is 1. The summed E-state index contributed by atoms with van der Waals surface area (Å²) >= 11 is 0.832. The van der Waals surface area contributed by atoms with E-state index in [1.54, 1.807) is 6.08 Å². The van der Waals surface area contributed by atoms with Gasteiger partial charge in [-0.15, -0.1) is 0 Å². The first-order chi connectivity index (χ1) is 12.8. The maximum absolute atomic E-state index is 12.5. The lowest BCUT2D eigenvalue weighted by Gasteiger charge is -2.10. The Morgan fingerprint density at radius 1 is 1.15 bits per heavy atom. The van der Waals surface area contributed by atoms with Crippen LogP contribution < -0.4 is 0 Å². The van der Waals surface area contributed by atoms with Gasteiger partial charge in [-0.25, -0.2) is 0 Å². The first-order valence-electron chi connectivity index (χ1n) is 8.40. The molecule has 1 aromatic heterocycles. The number of aryl methyl sites for hydroxylation is 2. The number of esters is 1. The third-order valence-corrected chi connectivity index (χ3v) is 5.34. The summed E-state index contributed by atoms with van der Waals surface area (Å²) in [5, 5.41) is -0.469. The van der Waals surface area contributed by atoms with Crippen LogP contribution in [0.4, 0.5) is 4.79 Å². The van der Waals surface area contributed by atoms with Crippen LogP contribution in [0.3, 0.4) is 0 Å². The van der Waals surface area contributed by atoms with Crippen molar-refractivity contribution in [3.8, 4) is 5.69 Å². The molecule has 0 unspecified atom stereocenters. The van der Waals surface area contributed by atoms with E-state index in [-0.39, 0.29) is 6.54 Å². The van der Waals surface area contributed by atoms with E-state index in [4.69, 9.17) is 0 Å². The summed E-state index contributed by atoms with van der Waals surface area (Å²) in [4.78, 5) is 37.2. The summed E-state index contributed by atoms with van der Waals surface area (Å²) in [5.74, 6) is -1.10. The number of ether oxygens (including phenoxy) is 1. The van der Waals surface area contributed by atoms with E-state index in [9.17, 15) is 14.4 Å². The van der Waals surface area contributed by atoms with Gasteiger partial charge in [0.15, 0.2) is 0 Å². The fourth-order valence-corrected chi connectivity index (χ4v) is 3.83. The molecule has 3 rings (SSSR count). The zero-order chi connectivity index (χ0) is 19.7. The number of nitrogens with zero attached hydrogens (tertiary/aromatic N) is 2. The van der Waals surface area contributed by atoms with Crippen LogP contribution >= 0.6 is 11.8 Å². The largest absolute Gasteiger partial charge is 0.468 e. The highest BCUT2D eigenvalue weighted by atomic mass is 32.2. The first kappa shape index (κ1) is 19.0. The second-order valence-corrected chi connectivity index (χ2v) is 7.33. The normalized spacial score (nSPS) is 15.7. The average molecular weight is 384 g/mol. The van der Waals surface area contributed by atoms with Gasteiger partial charge in [0.2, 0.25) is 0 Å². The molecule has 140 valence electrons. The highest BCUT2D eigenvalue weighted by Gasteiger charge is 2.36. The first-order valence-corrected chi connectivity index (χ1v) is 9.21. The number of rotatable bonds is 4. The van der Waals surface area contributed by atoms with E-state index in [1.807, 2.05) is 51.1 Å². The average Bonchev–Trinajstić information content (AvgIpc) is 3.06. The smallest absolute Gasteiger partial charge is 0.325 e. The van der Waals surface area contributed by atoms with Gasteiger partial charge in [0.05, 0.1) is 12.0 Å². The van der Waals surface area contributed by atoms with Crippen molar-refractivity contribution in [2.24, 2.45) is 0 Å². The standard InChI is InChI=1S/C20H20N2O4S/c1-12-5-7-16(8-6-12)22-13(2)9-15(14(22)3)10-17-19(24)21(20(25)27-17)11-18(23)26-4/h5-10H,11H2,1-4H3/b17-10-. The molecule has 2 heterocycles. The van der Waals surface area contributed by atoms with Crippen LogP contribution in [0.25, 0.3) is 11.8 Å². The molecule has 0 atom stereocenters. The third kappa shape index (κ3) is 3.68. The molecule has 1 aliphatic heterocycles. The highest BCUT2D eigenvalue weighted by Crippen LogP contribution is 2.33. The van der Waals surface area contributed by atoms with Gasteiger partial charge in [0, 0.05) is 17.1 Å². The monoisotopic (exact) mass is 384 g/mol. The molecule has 7 heteroatoms. The number of thioether (sulfide) groups is 1. The van der Waals surface area contributed by atoms with Gasteiger partial charge in [0.25, 0.3) is 11.1 Å². The Morgan fingerprint density at radius 3 is 2.44 bits per heavy atom. The fourth-order valence-electron chi connectivity index (χ4n) is 3.00. The predicted octanol–water partition coefficient (Wildman–Crippen LogP) is 3.61. The molecule has 1 saturated heterocycles. The molecule has 27 heavy (non-hydrogen) atoms. The van der Waals surface area contributed by atoms with Crippen molar-refractivity contribution >= 4 is 35.0 Å².